The van der Waals surface area contributed by atoms with Crippen molar-refractivity contribution in [2.24, 2.45) is 5.92 Å². The molecule has 1 atom stereocenters. The fourth-order valence-corrected chi connectivity index (χ4v) is 4.87. The summed E-state index contributed by atoms with van der Waals surface area (Å²) in [6.45, 7) is 5.66. The molecule has 5 heteroatoms. The molecule has 4 rings (SSSR count). The molecule has 24 heavy (non-hydrogen) atoms. The van der Waals surface area contributed by atoms with Gasteiger partial charge in [-0.2, -0.15) is 0 Å². The Balaban J connectivity index is 1.42. The van der Waals surface area contributed by atoms with Gasteiger partial charge in [0.15, 0.2) is 0 Å². The highest BCUT2D eigenvalue weighted by atomic mass is 32.1. The lowest BCUT2D eigenvalue weighted by Crippen LogP contribution is -2.48. The van der Waals surface area contributed by atoms with Crippen molar-refractivity contribution in [2.45, 2.75) is 26.2 Å². The van der Waals surface area contributed by atoms with E-state index in [9.17, 15) is 4.79 Å². The molecular weight excluding hydrogens is 318 g/mol. The van der Waals surface area contributed by atoms with Crippen molar-refractivity contribution in [1.82, 2.24) is 9.88 Å². The van der Waals surface area contributed by atoms with Crippen molar-refractivity contribution < 1.29 is 4.79 Å². The van der Waals surface area contributed by atoms with E-state index in [2.05, 4.69) is 22.9 Å². The minimum absolute atomic E-state index is 0.219. The second-order valence-corrected chi connectivity index (χ2v) is 8.03. The maximum Gasteiger partial charge on any atom is 0.264 e. The zero-order valence-electron chi connectivity index (χ0n) is 14.1. The van der Waals surface area contributed by atoms with Gasteiger partial charge < -0.3 is 9.80 Å². The molecule has 126 valence electrons. The Morgan fingerprint density at radius 3 is 2.71 bits per heavy atom. The Morgan fingerprint density at radius 2 is 1.96 bits per heavy atom. The molecule has 1 saturated heterocycles. The van der Waals surface area contributed by atoms with Gasteiger partial charge in [-0.25, -0.2) is 0 Å². The lowest BCUT2D eigenvalue weighted by atomic mass is 9.90. The van der Waals surface area contributed by atoms with E-state index >= 15 is 0 Å². The normalized spacial score (nSPS) is 20.8. The third-order valence-electron chi connectivity index (χ3n) is 5.13. The highest BCUT2D eigenvalue weighted by molar-refractivity contribution is 7.14. The van der Waals surface area contributed by atoms with Crippen molar-refractivity contribution in [1.29, 1.82) is 0 Å². The van der Waals surface area contributed by atoms with Crippen LogP contribution in [0.3, 0.4) is 0 Å². The van der Waals surface area contributed by atoms with E-state index in [1.165, 1.54) is 22.5 Å². The summed E-state index contributed by atoms with van der Waals surface area (Å²) in [6, 6.07) is 6.23. The molecule has 3 heterocycles. The number of hydrogen-bond donors (Lipinski definition) is 0. The number of amides is 1. The number of rotatable bonds is 2. The summed E-state index contributed by atoms with van der Waals surface area (Å²) in [5.74, 6) is 0.968. The average Bonchev–Trinajstić information content (AvgIpc) is 3.05. The third-order valence-corrected chi connectivity index (χ3v) is 6.36. The molecule has 4 nitrogen and oxygen atoms in total. The first-order valence-corrected chi connectivity index (χ1v) is 9.58. The average molecular weight is 341 g/mol. The van der Waals surface area contributed by atoms with Crippen LogP contribution in [0.15, 0.2) is 30.6 Å². The second kappa shape index (κ2) is 6.55. The highest BCUT2D eigenvalue weighted by Gasteiger charge is 2.26. The van der Waals surface area contributed by atoms with Gasteiger partial charge in [0.25, 0.3) is 5.91 Å². The first-order chi connectivity index (χ1) is 11.7. The van der Waals surface area contributed by atoms with Crippen molar-refractivity contribution in [2.75, 3.05) is 31.1 Å². The van der Waals surface area contributed by atoms with Crippen LogP contribution in [0.25, 0.3) is 0 Å². The summed E-state index contributed by atoms with van der Waals surface area (Å²) < 4.78 is 0. The minimum Gasteiger partial charge on any atom is -0.368 e. The van der Waals surface area contributed by atoms with Crippen LogP contribution in [0, 0.1) is 5.92 Å². The van der Waals surface area contributed by atoms with Crippen LogP contribution in [0.1, 0.15) is 33.5 Å². The van der Waals surface area contributed by atoms with E-state index in [1.807, 2.05) is 29.4 Å². The Bertz CT molecular complexity index is 719. The topological polar surface area (TPSA) is 36.4 Å². The molecule has 1 fully saturated rings. The van der Waals surface area contributed by atoms with Crippen molar-refractivity contribution in [3.8, 4) is 0 Å². The van der Waals surface area contributed by atoms with Crippen LogP contribution in [-0.2, 0) is 12.8 Å². The third kappa shape index (κ3) is 3.05. The summed E-state index contributed by atoms with van der Waals surface area (Å²) in [6.07, 6.45) is 7.18. The van der Waals surface area contributed by atoms with Gasteiger partial charge in [-0.15, -0.1) is 11.3 Å². The van der Waals surface area contributed by atoms with Gasteiger partial charge in [0, 0.05) is 49.1 Å². The number of aryl methyl sites for hydroxylation is 1. The standard InChI is InChI=1S/C19H23N3OS/c1-14-2-3-17-15(12-14)13-18(24-17)19(23)22-10-8-21(9-11-22)16-4-6-20-7-5-16/h4-7,13-14H,2-3,8-12H2,1H3. The van der Waals surface area contributed by atoms with Crippen LogP contribution >= 0.6 is 11.3 Å². The number of carbonyl (C=O) groups excluding carboxylic acids is 1. The molecule has 2 aliphatic rings. The van der Waals surface area contributed by atoms with Crippen LogP contribution in [0.5, 0.6) is 0 Å². The molecule has 0 N–H and O–H groups in total. The van der Waals surface area contributed by atoms with Gasteiger partial charge in [0.2, 0.25) is 0 Å². The number of hydrogen-bond acceptors (Lipinski definition) is 4. The molecule has 0 aromatic carbocycles. The van der Waals surface area contributed by atoms with E-state index in [0.717, 1.165) is 49.8 Å². The Labute approximate surface area is 147 Å². The van der Waals surface area contributed by atoms with Crippen molar-refractivity contribution >= 4 is 22.9 Å². The summed E-state index contributed by atoms with van der Waals surface area (Å²) in [7, 11) is 0. The molecule has 1 aliphatic carbocycles. The molecule has 1 unspecified atom stereocenters. The second-order valence-electron chi connectivity index (χ2n) is 6.89. The first kappa shape index (κ1) is 15.6. The van der Waals surface area contributed by atoms with Gasteiger partial charge in [0.05, 0.1) is 4.88 Å². The number of pyridine rings is 1. The molecule has 2 aromatic heterocycles. The van der Waals surface area contributed by atoms with Crippen molar-refractivity contribution in [3.05, 3.63) is 45.9 Å². The molecule has 1 amide bonds. The lowest BCUT2D eigenvalue weighted by molar-refractivity contribution is 0.0751. The molecule has 0 radical (unpaired) electrons. The number of anilines is 1. The predicted molar refractivity (Wildman–Crippen MR) is 97.9 cm³/mol. The van der Waals surface area contributed by atoms with Crippen LogP contribution < -0.4 is 4.90 Å². The van der Waals surface area contributed by atoms with Gasteiger partial charge in [-0.3, -0.25) is 9.78 Å². The number of piperazine rings is 1. The maximum atomic E-state index is 12.9. The number of carbonyl (C=O) groups is 1. The Kier molecular flexibility index (Phi) is 4.27. The fourth-order valence-electron chi connectivity index (χ4n) is 3.69. The number of aromatic nitrogens is 1. The molecule has 0 spiro atoms. The van der Waals surface area contributed by atoms with Gasteiger partial charge in [-0.05, 0) is 48.9 Å². The largest absolute Gasteiger partial charge is 0.368 e. The maximum absolute atomic E-state index is 12.9. The smallest absolute Gasteiger partial charge is 0.264 e. The van der Waals surface area contributed by atoms with E-state index in [0.29, 0.717) is 0 Å². The molecule has 2 aromatic rings. The van der Waals surface area contributed by atoms with Crippen LogP contribution in [0.4, 0.5) is 5.69 Å². The summed E-state index contributed by atoms with van der Waals surface area (Å²) in [5.41, 5.74) is 2.61. The summed E-state index contributed by atoms with van der Waals surface area (Å²) >= 11 is 1.72. The highest BCUT2D eigenvalue weighted by Crippen LogP contribution is 2.33. The SMILES string of the molecule is CC1CCc2sc(C(=O)N3CCN(c4ccncc4)CC3)cc2C1. The lowest BCUT2D eigenvalue weighted by Gasteiger charge is -2.35. The zero-order chi connectivity index (χ0) is 16.5. The van der Waals surface area contributed by atoms with E-state index in [4.69, 9.17) is 0 Å². The number of fused-ring (bicyclic) bond motifs is 1. The molecule has 0 saturated carbocycles. The summed E-state index contributed by atoms with van der Waals surface area (Å²) in [5, 5.41) is 0. The Hall–Kier alpha value is -1.88. The minimum atomic E-state index is 0.219. The van der Waals surface area contributed by atoms with E-state index in [1.54, 1.807) is 11.3 Å². The van der Waals surface area contributed by atoms with Gasteiger partial charge in [-0.1, -0.05) is 6.92 Å². The predicted octanol–water partition coefficient (Wildman–Crippen LogP) is 3.23. The van der Waals surface area contributed by atoms with Gasteiger partial charge >= 0.3 is 0 Å². The molecular formula is C19H23N3OS. The number of thiophene rings is 1. The van der Waals surface area contributed by atoms with Crippen LogP contribution in [0.2, 0.25) is 0 Å². The van der Waals surface area contributed by atoms with Gasteiger partial charge in [0.1, 0.15) is 0 Å². The summed E-state index contributed by atoms with van der Waals surface area (Å²) in [4.78, 5) is 23.6. The van der Waals surface area contributed by atoms with Crippen molar-refractivity contribution in [3.63, 3.8) is 0 Å². The quantitative estimate of drug-likeness (QED) is 0.841. The van der Waals surface area contributed by atoms with E-state index < -0.39 is 0 Å². The van der Waals surface area contributed by atoms with E-state index in [-0.39, 0.29) is 5.91 Å². The monoisotopic (exact) mass is 341 g/mol. The molecule has 0 bridgehead atoms. The molecule has 1 aliphatic heterocycles. The number of nitrogens with zero attached hydrogens (tertiary/aromatic N) is 3. The zero-order valence-corrected chi connectivity index (χ0v) is 14.9. The fraction of sp³-hybridized carbons (Fsp3) is 0.474. The van der Waals surface area contributed by atoms with Crippen LogP contribution in [-0.4, -0.2) is 42.0 Å². The first-order valence-electron chi connectivity index (χ1n) is 8.76. The Morgan fingerprint density at radius 1 is 1.21 bits per heavy atom.